The predicted octanol–water partition coefficient (Wildman–Crippen LogP) is 5.36. The SMILES string of the molecule is O=[N+]([O-])c1ccc(-c2cc(Cl)c(Cl)cc2Cl)cc1F. The Labute approximate surface area is 122 Å². The van der Waals surface area contributed by atoms with Crippen LogP contribution in [0.15, 0.2) is 30.3 Å². The van der Waals surface area contributed by atoms with Gasteiger partial charge in [-0.25, -0.2) is 0 Å². The van der Waals surface area contributed by atoms with E-state index in [4.69, 9.17) is 34.8 Å². The number of nitro groups is 1. The van der Waals surface area contributed by atoms with E-state index in [9.17, 15) is 14.5 Å². The van der Waals surface area contributed by atoms with Gasteiger partial charge in [-0.15, -0.1) is 0 Å². The van der Waals surface area contributed by atoms with Gasteiger partial charge in [-0.3, -0.25) is 10.1 Å². The summed E-state index contributed by atoms with van der Waals surface area (Å²) in [7, 11) is 0. The molecule has 0 saturated carbocycles. The lowest BCUT2D eigenvalue weighted by Gasteiger charge is -2.07. The maximum atomic E-state index is 13.6. The standard InChI is InChI=1S/C12H5Cl3FNO2/c13-8-5-10(15)9(14)4-7(8)6-1-2-12(17(18)19)11(16)3-6/h1-5H. The maximum Gasteiger partial charge on any atom is 0.304 e. The van der Waals surface area contributed by atoms with Gasteiger partial charge in [-0.2, -0.15) is 4.39 Å². The first kappa shape index (κ1) is 14.1. The summed E-state index contributed by atoms with van der Waals surface area (Å²) in [4.78, 5) is 9.74. The number of nitrogens with zero attached hydrogens (tertiary/aromatic N) is 1. The average molecular weight is 321 g/mol. The minimum absolute atomic E-state index is 0.264. The first-order chi connectivity index (χ1) is 8.90. The molecule has 3 nitrogen and oxygen atoms in total. The van der Waals surface area contributed by atoms with Crippen LogP contribution in [-0.4, -0.2) is 4.92 Å². The molecule has 0 fully saturated rings. The van der Waals surface area contributed by atoms with Gasteiger partial charge < -0.3 is 0 Å². The van der Waals surface area contributed by atoms with Crippen molar-refractivity contribution in [1.29, 1.82) is 0 Å². The van der Waals surface area contributed by atoms with Gasteiger partial charge >= 0.3 is 5.69 Å². The fraction of sp³-hybridized carbons (Fsp3) is 0. The van der Waals surface area contributed by atoms with E-state index in [0.29, 0.717) is 11.1 Å². The quantitative estimate of drug-likeness (QED) is 0.424. The summed E-state index contributed by atoms with van der Waals surface area (Å²) < 4.78 is 13.6. The summed E-state index contributed by atoms with van der Waals surface area (Å²) in [5.41, 5.74) is 0.233. The van der Waals surface area contributed by atoms with Gasteiger partial charge in [-0.05, 0) is 29.8 Å². The Morgan fingerprint density at radius 2 is 1.63 bits per heavy atom. The third-order valence-corrected chi connectivity index (χ3v) is 3.50. The summed E-state index contributed by atoms with van der Waals surface area (Å²) in [5, 5.41) is 11.4. The molecule has 0 radical (unpaired) electrons. The minimum Gasteiger partial charge on any atom is -0.258 e. The lowest BCUT2D eigenvalue weighted by molar-refractivity contribution is -0.387. The Balaban J connectivity index is 2.57. The lowest BCUT2D eigenvalue weighted by atomic mass is 10.1. The molecule has 0 bridgehead atoms. The molecule has 0 N–H and O–H groups in total. The highest BCUT2D eigenvalue weighted by atomic mass is 35.5. The molecule has 2 rings (SSSR count). The van der Waals surface area contributed by atoms with E-state index in [1.807, 2.05) is 0 Å². The third-order valence-electron chi connectivity index (χ3n) is 2.47. The molecule has 7 heteroatoms. The zero-order valence-corrected chi connectivity index (χ0v) is 11.4. The molecule has 98 valence electrons. The van der Waals surface area contributed by atoms with Crippen LogP contribution in [0.5, 0.6) is 0 Å². The topological polar surface area (TPSA) is 43.1 Å². The molecule has 0 aliphatic rings. The van der Waals surface area contributed by atoms with Crippen molar-refractivity contribution >= 4 is 40.5 Å². The molecule has 0 aliphatic heterocycles. The molecule has 2 aromatic rings. The summed E-state index contributed by atoms with van der Waals surface area (Å²) in [6.45, 7) is 0. The predicted molar refractivity (Wildman–Crippen MR) is 73.5 cm³/mol. The monoisotopic (exact) mass is 319 g/mol. The highest BCUT2D eigenvalue weighted by Crippen LogP contribution is 2.36. The fourth-order valence-electron chi connectivity index (χ4n) is 1.57. The van der Waals surface area contributed by atoms with Crippen LogP contribution in [0.4, 0.5) is 10.1 Å². The van der Waals surface area contributed by atoms with Crippen molar-refractivity contribution in [2.24, 2.45) is 0 Å². The molecule has 19 heavy (non-hydrogen) atoms. The molecule has 0 heterocycles. The van der Waals surface area contributed by atoms with Crippen molar-refractivity contribution in [3.05, 3.63) is 61.3 Å². The zero-order valence-electron chi connectivity index (χ0n) is 9.16. The van der Waals surface area contributed by atoms with Gasteiger partial charge in [0.1, 0.15) is 0 Å². The van der Waals surface area contributed by atoms with E-state index in [0.717, 1.165) is 12.1 Å². The van der Waals surface area contributed by atoms with Crippen LogP contribution in [0.2, 0.25) is 15.1 Å². The second-order valence-electron chi connectivity index (χ2n) is 3.67. The van der Waals surface area contributed by atoms with Crippen molar-refractivity contribution in [3.8, 4) is 11.1 Å². The van der Waals surface area contributed by atoms with Crippen LogP contribution >= 0.6 is 34.8 Å². The van der Waals surface area contributed by atoms with Gasteiger partial charge in [0.2, 0.25) is 5.82 Å². The van der Waals surface area contributed by atoms with Gasteiger partial charge in [0.15, 0.2) is 0 Å². The molecule has 0 saturated heterocycles. The second kappa shape index (κ2) is 5.33. The van der Waals surface area contributed by atoms with Crippen LogP contribution < -0.4 is 0 Å². The van der Waals surface area contributed by atoms with Crippen molar-refractivity contribution in [2.45, 2.75) is 0 Å². The second-order valence-corrected chi connectivity index (χ2v) is 4.89. The summed E-state index contributed by atoms with van der Waals surface area (Å²) >= 11 is 17.6. The molecular weight excluding hydrogens is 315 g/mol. The van der Waals surface area contributed by atoms with Gasteiger partial charge in [0, 0.05) is 16.7 Å². The van der Waals surface area contributed by atoms with Crippen LogP contribution in [0, 0.1) is 15.9 Å². The van der Waals surface area contributed by atoms with E-state index in [2.05, 4.69) is 0 Å². The van der Waals surface area contributed by atoms with E-state index < -0.39 is 16.4 Å². The van der Waals surface area contributed by atoms with E-state index in [1.165, 1.54) is 18.2 Å². The molecule has 0 spiro atoms. The third kappa shape index (κ3) is 2.81. The molecular formula is C12H5Cl3FNO2. The van der Waals surface area contributed by atoms with E-state index in [-0.39, 0.29) is 15.1 Å². The van der Waals surface area contributed by atoms with Crippen LogP contribution in [0.25, 0.3) is 11.1 Å². The van der Waals surface area contributed by atoms with E-state index in [1.54, 1.807) is 0 Å². The van der Waals surface area contributed by atoms with Gasteiger partial charge in [-0.1, -0.05) is 34.8 Å². The maximum absolute atomic E-state index is 13.6. The van der Waals surface area contributed by atoms with Crippen molar-refractivity contribution in [3.63, 3.8) is 0 Å². The molecule has 2 aromatic carbocycles. The molecule has 0 aromatic heterocycles. The summed E-state index contributed by atoms with van der Waals surface area (Å²) in [6.07, 6.45) is 0. The Bertz CT molecular complexity index is 676. The average Bonchev–Trinajstić information content (AvgIpc) is 2.33. The number of halogens is 4. The van der Waals surface area contributed by atoms with Crippen molar-refractivity contribution in [1.82, 2.24) is 0 Å². The highest BCUT2D eigenvalue weighted by molar-refractivity contribution is 6.44. The molecule has 0 aliphatic carbocycles. The molecule has 0 atom stereocenters. The van der Waals surface area contributed by atoms with Crippen LogP contribution in [0.1, 0.15) is 0 Å². The minimum atomic E-state index is -0.940. The fourth-order valence-corrected chi connectivity index (χ4v) is 2.22. The number of hydrogen-bond donors (Lipinski definition) is 0. The van der Waals surface area contributed by atoms with Crippen LogP contribution in [-0.2, 0) is 0 Å². The van der Waals surface area contributed by atoms with Crippen molar-refractivity contribution < 1.29 is 9.31 Å². The zero-order chi connectivity index (χ0) is 14.2. The Morgan fingerprint density at radius 1 is 1.00 bits per heavy atom. The largest absolute Gasteiger partial charge is 0.304 e. The number of benzene rings is 2. The lowest BCUT2D eigenvalue weighted by Crippen LogP contribution is -1.93. The first-order valence-electron chi connectivity index (χ1n) is 4.99. The first-order valence-corrected chi connectivity index (χ1v) is 6.12. The Hall–Kier alpha value is -1.36. The normalized spacial score (nSPS) is 10.5. The number of rotatable bonds is 2. The number of hydrogen-bond acceptors (Lipinski definition) is 2. The van der Waals surface area contributed by atoms with E-state index >= 15 is 0 Å². The van der Waals surface area contributed by atoms with Crippen molar-refractivity contribution in [2.75, 3.05) is 0 Å². The summed E-state index contributed by atoms with van der Waals surface area (Å²) in [5.74, 6) is -0.940. The Kier molecular flexibility index (Phi) is 3.94. The van der Waals surface area contributed by atoms with Gasteiger partial charge in [0.05, 0.1) is 15.0 Å². The summed E-state index contributed by atoms with van der Waals surface area (Å²) in [6, 6.07) is 6.41. The van der Waals surface area contributed by atoms with Crippen LogP contribution in [0.3, 0.4) is 0 Å². The molecule has 0 amide bonds. The highest BCUT2D eigenvalue weighted by Gasteiger charge is 2.16. The Morgan fingerprint density at radius 3 is 2.21 bits per heavy atom. The van der Waals surface area contributed by atoms with Gasteiger partial charge in [0.25, 0.3) is 0 Å². The smallest absolute Gasteiger partial charge is 0.258 e. The molecule has 0 unspecified atom stereocenters. The number of nitro benzene ring substituents is 1.